The van der Waals surface area contributed by atoms with Crippen molar-refractivity contribution in [3.8, 4) is 0 Å². The molecule has 0 saturated heterocycles. The summed E-state index contributed by atoms with van der Waals surface area (Å²) in [4.78, 5) is 0. The summed E-state index contributed by atoms with van der Waals surface area (Å²) in [6, 6.07) is 0. The van der Waals surface area contributed by atoms with Crippen LogP contribution in [0.4, 0.5) is 0 Å². The Bertz CT molecular complexity index is 121. The van der Waals surface area contributed by atoms with Gasteiger partial charge in [0.2, 0.25) is 0 Å². The summed E-state index contributed by atoms with van der Waals surface area (Å²) in [6.07, 6.45) is 6.82. The Labute approximate surface area is 97.8 Å². The Kier molecular flexibility index (Phi) is 8.19. The highest BCUT2D eigenvalue weighted by Gasteiger charge is 2.12. The van der Waals surface area contributed by atoms with E-state index in [0.29, 0.717) is 0 Å². The first-order valence-corrected chi connectivity index (χ1v) is 6.75. The molecule has 0 heterocycles. The van der Waals surface area contributed by atoms with Gasteiger partial charge in [-0.3, -0.25) is 0 Å². The molecule has 0 aliphatic rings. The van der Waals surface area contributed by atoms with Gasteiger partial charge in [0.1, 0.15) is 0 Å². The van der Waals surface area contributed by atoms with Gasteiger partial charge in [0, 0.05) is 0 Å². The Morgan fingerprint density at radius 2 is 1.07 bits per heavy atom. The van der Waals surface area contributed by atoms with E-state index in [2.05, 4.69) is 41.5 Å². The predicted octanol–water partition coefficient (Wildman–Crippen LogP) is 5.48. The molecular weight excluding hydrogens is 180 g/mol. The quantitative estimate of drug-likeness (QED) is 0.499. The monoisotopic (exact) mass is 211 g/mol. The molecule has 0 aliphatic heterocycles. The van der Waals surface area contributed by atoms with Gasteiger partial charge >= 0.3 is 0 Å². The lowest BCUT2D eigenvalue weighted by molar-refractivity contribution is 0.457. The normalized spacial score (nSPS) is 12.4. The third-order valence-electron chi connectivity index (χ3n) is 2.85. The van der Waals surface area contributed by atoms with Crippen LogP contribution in [0, 0.1) is 23.7 Å². The maximum Gasteiger partial charge on any atom is -0.0238 e. The van der Waals surface area contributed by atoms with Crippen molar-refractivity contribution in [2.75, 3.05) is 0 Å². The van der Waals surface area contributed by atoms with Crippen LogP contribution in [0.3, 0.4) is 0 Å². The molecule has 1 radical (unpaired) electrons. The van der Waals surface area contributed by atoms with Gasteiger partial charge in [-0.05, 0) is 42.9 Å². The van der Waals surface area contributed by atoms with Crippen LogP contribution in [0.15, 0.2) is 0 Å². The van der Waals surface area contributed by atoms with E-state index in [4.69, 9.17) is 0 Å². The van der Waals surface area contributed by atoms with Crippen LogP contribution in [0.5, 0.6) is 0 Å². The van der Waals surface area contributed by atoms with E-state index < -0.39 is 0 Å². The van der Waals surface area contributed by atoms with Crippen molar-refractivity contribution in [3.05, 3.63) is 5.92 Å². The molecule has 0 unspecified atom stereocenters. The van der Waals surface area contributed by atoms with Crippen molar-refractivity contribution >= 4 is 0 Å². The summed E-state index contributed by atoms with van der Waals surface area (Å²) < 4.78 is 0. The molecule has 0 fully saturated rings. The first-order valence-electron chi connectivity index (χ1n) is 6.75. The molecular formula is C15H31. The lowest BCUT2D eigenvalue weighted by atomic mass is 9.85. The zero-order chi connectivity index (χ0) is 11.8. The van der Waals surface area contributed by atoms with E-state index in [1.807, 2.05) is 5.92 Å². The third kappa shape index (κ3) is 10.3. The highest BCUT2D eigenvalue weighted by atomic mass is 14.2. The fourth-order valence-electron chi connectivity index (χ4n) is 1.89. The van der Waals surface area contributed by atoms with Crippen LogP contribution in [0.1, 0.15) is 73.6 Å². The van der Waals surface area contributed by atoms with E-state index in [1.54, 1.807) is 0 Å². The van der Waals surface area contributed by atoms with Gasteiger partial charge in [0.25, 0.3) is 0 Å². The fraction of sp³-hybridized carbons (Fsp3) is 0.933. The van der Waals surface area contributed by atoms with Crippen LogP contribution < -0.4 is 0 Å². The molecule has 0 spiro atoms. The van der Waals surface area contributed by atoms with Gasteiger partial charge in [-0.15, -0.1) is 0 Å². The standard InChI is InChI=1S/C15H31/c1-12(2)7-9-15(11-14(5)6)10-8-13(3)4/h12-14H,7-11H2,1-6H3. The molecule has 0 N–H and O–H groups in total. The lowest BCUT2D eigenvalue weighted by Crippen LogP contribution is -2.05. The Morgan fingerprint density at radius 3 is 1.33 bits per heavy atom. The summed E-state index contributed by atoms with van der Waals surface area (Å²) in [5, 5.41) is 0. The molecule has 0 bridgehead atoms. The summed E-state index contributed by atoms with van der Waals surface area (Å²) >= 11 is 0. The Hall–Kier alpha value is 0. The molecule has 0 atom stereocenters. The topological polar surface area (TPSA) is 0 Å². The van der Waals surface area contributed by atoms with E-state index in [0.717, 1.165) is 17.8 Å². The molecule has 0 nitrogen and oxygen atoms in total. The molecule has 0 saturated carbocycles. The highest BCUT2D eigenvalue weighted by Crippen LogP contribution is 2.27. The largest absolute Gasteiger partial charge is 0.0628 e. The highest BCUT2D eigenvalue weighted by molar-refractivity contribution is 4.90. The van der Waals surface area contributed by atoms with E-state index >= 15 is 0 Å². The van der Waals surface area contributed by atoms with Gasteiger partial charge in [-0.2, -0.15) is 0 Å². The molecule has 0 rings (SSSR count). The Morgan fingerprint density at radius 1 is 0.667 bits per heavy atom. The first-order chi connectivity index (χ1) is 6.91. The second-order valence-corrected chi connectivity index (χ2v) is 6.21. The second kappa shape index (κ2) is 8.19. The molecule has 0 heteroatoms. The van der Waals surface area contributed by atoms with Crippen molar-refractivity contribution < 1.29 is 0 Å². The van der Waals surface area contributed by atoms with Crippen LogP contribution in [-0.4, -0.2) is 0 Å². The van der Waals surface area contributed by atoms with Gasteiger partial charge in [0.05, 0.1) is 0 Å². The van der Waals surface area contributed by atoms with Crippen molar-refractivity contribution in [1.29, 1.82) is 0 Å². The van der Waals surface area contributed by atoms with Gasteiger partial charge in [-0.1, -0.05) is 54.4 Å². The smallest absolute Gasteiger partial charge is 0.0238 e. The number of hydrogen-bond donors (Lipinski definition) is 0. The van der Waals surface area contributed by atoms with Crippen LogP contribution in [0.25, 0.3) is 0 Å². The minimum Gasteiger partial charge on any atom is -0.0628 e. The molecule has 0 aromatic heterocycles. The number of rotatable bonds is 8. The SMILES string of the molecule is CC(C)CC[C](CCC(C)C)CC(C)C. The fourth-order valence-corrected chi connectivity index (χ4v) is 1.89. The van der Waals surface area contributed by atoms with Crippen molar-refractivity contribution in [3.63, 3.8) is 0 Å². The minimum absolute atomic E-state index is 0.833. The molecule has 0 amide bonds. The van der Waals surface area contributed by atoms with Crippen molar-refractivity contribution in [2.24, 2.45) is 17.8 Å². The second-order valence-electron chi connectivity index (χ2n) is 6.21. The summed E-state index contributed by atoms with van der Waals surface area (Å²) in [7, 11) is 0. The van der Waals surface area contributed by atoms with Crippen LogP contribution in [-0.2, 0) is 0 Å². The van der Waals surface area contributed by atoms with E-state index in [1.165, 1.54) is 32.1 Å². The first kappa shape index (κ1) is 15.0. The molecule has 0 aromatic carbocycles. The summed E-state index contributed by atoms with van der Waals surface area (Å²) in [5.74, 6) is 4.35. The maximum atomic E-state index is 2.34. The van der Waals surface area contributed by atoms with Crippen LogP contribution in [0.2, 0.25) is 0 Å². The van der Waals surface area contributed by atoms with Gasteiger partial charge < -0.3 is 0 Å². The molecule has 15 heavy (non-hydrogen) atoms. The molecule has 91 valence electrons. The summed E-state index contributed by atoms with van der Waals surface area (Å²) in [6.45, 7) is 14.0. The minimum atomic E-state index is 0.833. The third-order valence-corrected chi connectivity index (χ3v) is 2.85. The van der Waals surface area contributed by atoms with Crippen molar-refractivity contribution in [2.45, 2.75) is 73.6 Å². The van der Waals surface area contributed by atoms with Gasteiger partial charge in [-0.25, -0.2) is 0 Å². The predicted molar refractivity (Wildman–Crippen MR) is 70.8 cm³/mol. The maximum absolute atomic E-state index is 2.34. The number of hydrogen-bond acceptors (Lipinski definition) is 0. The van der Waals surface area contributed by atoms with Crippen molar-refractivity contribution in [1.82, 2.24) is 0 Å². The molecule has 0 aliphatic carbocycles. The zero-order valence-corrected chi connectivity index (χ0v) is 11.8. The average molecular weight is 211 g/mol. The van der Waals surface area contributed by atoms with Gasteiger partial charge in [0.15, 0.2) is 0 Å². The van der Waals surface area contributed by atoms with E-state index in [-0.39, 0.29) is 0 Å². The summed E-state index contributed by atoms with van der Waals surface area (Å²) in [5.41, 5.74) is 0. The molecule has 0 aromatic rings. The Balaban J connectivity index is 3.84. The average Bonchev–Trinajstić information content (AvgIpc) is 2.08. The lowest BCUT2D eigenvalue weighted by Gasteiger charge is -2.20. The van der Waals surface area contributed by atoms with E-state index in [9.17, 15) is 0 Å². The van der Waals surface area contributed by atoms with Crippen LogP contribution >= 0.6 is 0 Å². The zero-order valence-electron chi connectivity index (χ0n) is 11.8.